The van der Waals surface area contributed by atoms with Crippen LogP contribution in [0.5, 0.6) is 0 Å². The van der Waals surface area contributed by atoms with Crippen molar-refractivity contribution in [3.8, 4) is 0 Å². The quantitative estimate of drug-likeness (QED) is 0.488. The van der Waals surface area contributed by atoms with Crippen LogP contribution in [0.3, 0.4) is 0 Å². The minimum Gasteiger partial charge on any atom is -0.207 e. The summed E-state index contributed by atoms with van der Waals surface area (Å²) in [5.74, 6) is -8.16. The van der Waals surface area contributed by atoms with Crippen LogP contribution in [0, 0.1) is 23.3 Å². The molecule has 3 nitrogen and oxygen atoms in total. The Bertz CT molecular complexity index is 639. The van der Waals surface area contributed by atoms with Crippen molar-refractivity contribution >= 4 is 10.0 Å². The van der Waals surface area contributed by atoms with Gasteiger partial charge in [0, 0.05) is 19.7 Å². The Kier molecular flexibility index (Phi) is 3.34. The van der Waals surface area contributed by atoms with Crippen LogP contribution in [-0.2, 0) is 10.0 Å². The second-order valence-electron chi connectivity index (χ2n) is 4.56. The largest absolute Gasteiger partial charge is 0.245 e. The second kappa shape index (κ2) is 4.45. The first kappa shape index (κ1) is 14.3. The van der Waals surface area contributed by atoms with E-state index in [1.807, 2.05) is 0 Å². The van der Waals surface area contributed by atoms with Crippen molar-refractivity contribution in [1.29, 1.82) is 0 Å². The molecule has 1 aromatic carbocycles. The summed E-state index contributed by atoms with van der Waals surface area (Å²) in [4.78, 5) is -1.10. The molecule has 0 heterocycles. The molecule has 0 aliphatic heterocycles. The lowest BCUT2D eigenvalue weighted by atomic mass is 10.1. The zero-order valence-corrected chi connectivity index (χ0v) is 11.0. The van der Waals surface area contributed by atoms with E-state index in [2.05, 4.69) is 0 Å². The van der Waals surface area contributed by atoms with Crippen molar-refractivity contribution in [2.24, 2.45) is 0 Å². The van der Waals surface area contributed by atoms with Gasteiger partial charge < -0.3 is 0 Å². The van der Waals surface area contributed by atoms with Gasteiger partial charge in [-0.05, 0) is 18.8 Å². The highest BCUT2D eigenvalue weighted by atomic mass is 32.2. The summed E-state index contributed by atoms with van der Waals surface area (Å²) in [6.45, 7) is 0. The molecule has 1 fully saturated rings. The van der Waals surface area contributed by atoms with E-state index < -0.39 is 49.7 Å². The monoisotopic (exact) mass is 297 g/mol. The van der Waals surface area contributed by atoms with Crippen molar-refractivity contribution in [3.05, 3.63) is 28.8 Å². The zero-order valence-electron chi connectivity index (χ0n) is 10.2. The maximum Gasteiger partial charge on any atom is 0.245 e. The number of hydrogen-bond acceptors (Lipinski definition) is 2. The van der Waals surface area contributed by atoms with Crippen LogP contribution in [0.25, 0.3) is 0 Å². The lowest BCUT2D eigenvalue weighted by molar-refractivity contribution is 0.387. The van der Waals surface area contributed by atoms with Crippen LogP contribution in [0.1, 0.15) is 24.3 Å². The fourth-order valence-electron chi connectivity index (χ4n) is 1.80. The number of halogens is 4. The number of rotatable bonds is 3. The molecule has 8 heteroatoms. The normalized spacial score (nSPS) is 16.2. The van der Waals surface area contributed by atoms with E-state index >= 15 is 0 Å². The van der Waals surface area contributed by atoms with Gasteiger partial charge in [0.25, 0.3) is 0 Å². The minimum absolute atomic E-state index is 0.414. The number of sulfonamides is 1. The fraction of sp³-hybridized carbons (Fsp3) is 0.455. The average molecular weight is 297 g/mol. The maximum absolute atomic E-state index is 13.8. The van der Waals surface area contributed by atoms with E-state index in [1.54, 1.807) is 0 Å². The van der Waals surface area contributed by atoms with Gasteiger partial charge >= 0.3 is 0 Å². The van der Waals surface area contributed by atoms with Gasteiger partial charge in [0.15, 0.2) is 23.3 Å². The number of nitrogens with zero attached hydrogens (tertiary/aromatic N) is 1. The third kappa shape index (κ3) is 2.12. The molecule has 2 rings (SSSR count). The Balaban J connectivity index is 2.86. The van der Waals surface area contributed by atoms with Gasteiger partial charge in [-0.2, -0.15) is 0 Å². The first-order valence-electron chi connectivity index (χ1n) is 5.48. The van der Waals surface area contributed by atoms with Crippen molar-refractivity contribution < 1.29 is 26.0 Å². The Morgan fingerprint density at radius 1 is 0.947 bits per heavy atom. The van der Waals surface area contributed by atoms with Crippen LogP contribution in [-0.4, -0.2) is 26.8 Å². The smallest absolute Gasteiger partial charge is 0.207 e. The van der Waals surface area contributed by atoms with E-state index in [-0.39, 0.29) is 0 Å². The summed E-state index contributed by atoms with van der Waals surface area (Å²) >= 11 is 0. The molecule has 106 valence electrons. The lowest BCUT2D eigenvalue weighted by Crippen LogP contribution is -2.26. The van der Waals surface area contributed by atoms with E-state index in [1.165, 1.54) is 0 Å². The van der Waals surface area contributed by atoms with Gasteiger partial charge in [-0.3, -0.25) is 0 Å². The molecule has 0 aromatic heterocycles. The molecular weight excluding hydrogens is 286 g/mol. The number of hydrogen-bond donors (Lipinski definition) is 0. The summed E-state index contributed by atoms with van der Waals surface area (Å²) in [7, 11) is -2.19. The van der Waals surface area contributed by atoms with Gasteiger partial charge in [-0.25, -0.2) is 30.3 Å². The van der Waals surface area contributed by atoms with Crippen molar-refractivity contribution in [3.63, 3.8) is 0 Å². The number of benzene rings is 1. The molecule has 0 amide bonds. The molecule has 1 saturated carbocycles. The average Bonchev–Trinajstić information content (AvgIpc) is 3.14. The van der Waals surface area contributed by atoms with E-state index in [0.29, 0.717) is 17.1 Å². The Hall–Kier alpha value is -1.15. The molecule has 0 radical (unpaired) electrons. The fourth-order valence-corrected chi connectivity index (χ4v) is 3.02. The second-order valence-corrected chi connectivity index (χ2v) is 6.65. The third-order valence-corrected chi connectivity index (χ3v) is 4.86. The molecule has 0 unspecified atom stereocenters. The van der Waals surface area contributed by atoms with Gasteiger partial charge in [-0.1, -0.05) is 0 Å². The molecule has 19 heavy (non-hydrogen) atoms. The highest BCUT2D eigenvalue weighted by molar-refractivity contribution is 7.89. The molecule has 0 atom stereocenters. The Labute approximate surface area is 107 Å². The van der Waals surface area contributed by atoms with Crippen LogP contribution >= 0.6 is 0 Å². The molecule has 0 N–H and O–H groups in total. The first-order chi connectivity index (χ1) is 8.69. The maximum atomic E-state index is 13.8. The van der Waals surface area contributed by atoms with E-state index in [0.717, 1.165) is 14.1 Å². The van der Waals surface area contributed by atoms with Crippen molar-refractivity contribution in [2.45, 2.75) is 23.7 Å². The van der Waals surface area contributed by atoms with Gasteiger partial charge in [0.1, 0.15) is 4.90 Å². The van der Waals surface area contributed by atoms with E-state index in [4.69, 9.17) is 0 Å². The standard InChI is InChI=1S/C11H11F4NO2S/c1-16(2)19(17,18)11-6(5-3-4-5)7(12)8(13)9(14)10(11)15/h5H,3-4H2,1-2H3. The molecule has 1 aromatic rings. The van der Waals surface area contributed by atoms with Crippen LogP contribution in [0.2, 0.25) is 0 Å². The van der Waals surface area contributed by atoms with Crippen LogP contribution in [0.4, 0.5) is 17.6 Å². The molecule has 1 aliphatic carbocycles. The third-order valence-electron chi connectivity index (χ3n) is 2.98. The summed E-state index contributed by atoms with van der Waals surface area (Å²) in [6, 6.07) is 0. The van der Waals surface area contributed by atoms with Crippen molar-refractivity contribution in [2.75, 3.05) is 14.1 Å². The van der Waals surface area contributed by atoms with Gasteiger partial charge in [0.2, 0.25) is 10.0 Å². The van der Waals surface area contributed by atoms with Crippen LogP contribution in [0.15, 0.2) is 4.90 Å². The van der Waals surface area contributed by atoms with Gasteiger partial charge in [-0.15, -0.1) is 0 Å². The molecular formula is C11H11F4NO2S. The molecule has 0 saturated heterocycles. The lowest BCUT2D eigenvalue weighted by Gasteiger charge is -2.17. The predicted molar refractivity (Wildman–Crippen MR) is 59.1 cm³/mol. The summed E-state index contributed by atoms with van der Waals surface area (Å²) < 4.78 is 78.5. The summed E-state index contributed by atoms with van der Waals surface area (Å²) in [6.07, 6.45) is 0.828. The van der Waals surface area contributed by atoms with Crippen LogP contribution < -0.4 is 0 Å². The zero-order chi connectivity index (χ0) is 14.5. The Morgan fingerprint density at radius 3 is 1.84 bits per heavy atom. The molecule has 1 aliphatic rings. The first-order valence-corrected chi connectivity index (χ1v) is 6.92. The summed E-state index contributed by atoms with van der Waals surface area (Å²) in [5, 5.41) is 0. The SMILES string of the molecule is CN(C)S(=O)(=O)c1c(F)c(F)c(F)c(F)c1C1CC1. The Morgan fingerprint density at radius 2 is 1.42 bits per heavy atom. The highest BCUT2D eigenvalue weighted by Gasteiger charge is 2.40. The predicted octanol–water partition coefficient (Wildman–Crippen LogP) is 2.37. The van der Waals surface area contributed by atoms with Gasteiger partial charge in [0.05, 0.1) is 0 Å². The highest BCUT2D eigenvalue weighted by Crippen LogP contribution is 2.46. The minimum atomic E-state index is -4.39. The molecule has 0 bridgehead atoms. The molecule has 0 spiro atoms. The summed E-state index contributed by atoms with van der Waals surface area (Å²) in [5.41, 5.74) is -0.592. The van der Waals surface area contributed by atoms with Crippen molar-refractivity contribution in [1.82, 2.24) is 4.31 Å². The van der Waals surface area contributed by atoms with E-state index in [9.17, 15) is 26.0 Å². The topological polar surface area (TPSA) is 37.4 Å².